The summed E-state index contributed by atoms with van der Waals surface area (Å²) in [6, 6.07) is 0. The molecule has 0 heterocycles. The molecular formula is C37H64O. The minimum atomic E-state index is 0.308. The van der Waals surface area contributed by atoms with Crippen LogP contribution in [0.3, 0.4) is 0 Å². The maximum atomic E-state index is 5.84. The van der Waals surface area contributed by atoms with Gasteiger partial charge < -0.3 is 4.74 Å². The number of unbranched alkanes of at least 4 members (excludes halogenated alkanes) is 13. The smallest absolute Gasteiger partial charge is 0.0653 e. The van der Waals surface area contributed by atoms with E-state index in [1.165, 1.54) is 127 Å². The third kappa shape index (κ3) is 17.3. The lowest BCUT2D eigenvalue weighted by Crippen LogP contribution is -2.19. The van der Waals surface area contributed by atoms with Crippen LogP contribution in [-0.4, -0.2) is 13.2 Å². The average Bonchev–Trinajstić information content (AvgIpc) is 2.89. The van der Waals surface area contributed by atoms with Gasteiger partial charge in [-0.3, -0.25) is 0 Å². The van der Waals surface area contributed by atoms with Crippen molar-refractivity contribution in [1.29, 1.82) is 0 Å². The molecule has 0 N–H and O–H groups in total. The highest BCUT2D eigenvalue weighted by Crippen LogP contribution is 2.42. The molecule has 0 bridgehead atoms. The molecule has 0 spiro atoms. The Morgan fingerprint density at radius 2 is 1.34 bits per heavy atom. The van der Waals surface area contributed by atoms with Gasteiger partial charge in [0.2, 0.25) is 0 Å². The van der Waals surface area contributed by atoms with Gasteiger partial charge in [-0.05, 0) is 56.9 Å². The third-order valence-corrected chi connectivity index (χ3v) is 8.21. The lowest BCUT2D eigenvalue weighted by atomic mass is 9.71. The minimum Gasteiger partial charge on any atom is -0.377 e. The molecule has 1 aliphatic carbocycles. The van der Waals surface area contributed by atoms with Crippen molar-refractivity contribution in [3.8, 4) is 0 Å². The number of hydrogen-bond donors (Lipinski definition) is 0. The summed E-state index contributed by atoms with van der Waals surface area (Å²) in [4.78, 5) is 0. The molecule has 1 aliphatic rings. The van der Waals surface area contributed by atoms with Crippen LogP contribution in [0, 0.1) is 5.41 Å². The molecule has 0 aromatic heterocycles. The van der Waals surface area contributed by atoms with E-state index < -0.39 is 0 Å². The van der Waals surface area contributed by atoms with Crippen molar-refractivity contribution >= 4 is 0 Å². The molecule has 0 radical (unpaired) electrons. The van der Waals surface area contributed by atoms with Gasteiger partial charge in [-0.25, -0.2) is 0 Å². The van der Waals surface area contributed by atoms with Gasteiger partial charge in [0, 0.05) is 6.61 Å². The average molecular weight is 525 g/mol. The van der Waals surface area contributed by atoms with Gasteiger partial charge in [0.05, 0.1) is 6.61 Å². The normalized spacial score (nSPS) is 16.9. The predicted molar refractivity (Wildman–Crippen MR) is 172 cm³/mol. The first-order chi connectivity index (χ1) is 18.4. The minimum absolute atomic E-state index is 0.308. The summed E-state index contributed by atoms with van der Waals surface area (Å²) in [7, 11) is 0. The van der Waals surface area contributed by atoms with E-state index >= 15 is 0 Å². The van der Waals surface area contributed by atoms with E-state index in [9.17, 15) is 0 Å². The molecule has 0 saturated carbocycles. The second-order valence-electron chi connectivity index (χ2n) is 12.3. The maximum Gasteiger partial charge on any atom is 0.0653 e. The van der Waals surface area contributed by atoms with Crippen LogP contribution in [0.2, 0.25) is 0 Å². The Balaban J connectivity index is 2.09. The van der Waals surface area contributed by atoms with Crippen molar-refractivity contribution in [3.63, 3.8) is 0 Å². The second-order valence-corrected chi connectivity index (χ2v) is 12.3. The Morgan fingerprint density at radius 3 is 1.92 bits per heavy atom. The number of hydrogen-bond acceptors (Lipinski definition) is 1. The highest BCUT2D eigenvalue weighted by atomic mass is 16.5. The zero-order valence-electron chi connectivity index (χ0n) is 26.5. The number of ether oxygens (including phenoxy) is 1. The molecule has 1 nitrogen and oxygen atoms in total. The van der Waals surface area contributed by atoms with Crippen LogP contribution >= 0.6 is 0 Å². The van der Waals surface area contributed by atoms with Crippen LogP contribution in [0.5, 0.6) is 0 Å². The van der Waals surface area contributed by atoms with Gasteiger partial charge in [-0.15, -0.1) is 0 Å². The Hall–Kier alpha value is -1.34. The molecule has 0 aliphatic heterocycles. The third-order valence-electron chi connectivity index (χ3n) is 8.21. The van der Waals surface area contributed by atoms with Gasteiger partial charge in [0.1, 0.15) is 0 Å². The Bertz CT molecular complexity index is 743. The first-order valence-electron chi connectivity index (χ1n) is 16.4. The molecular weight excluding hydrogens is 460 g/mol. The van der Waals surface area contributed by atoms with Crippen molar-refractivity contribution in [2.24, 2.45) is 5.41 Å². The van der Waals surface area contributed by atoms with Crippen LogP contribution in [0.4, 0.5) is 0 Å². The van der Waals surface area contributed by atoms with Gasteiger partial charge >= 0.3 is 0 Å². The molecule has 0 aromatic carbocycles. The first-order valence-corrected chi connectivity index (χ1v) is 16.4. The summed E-state index contributed by atoms with van der Waals surface area (Å²) in [5.74, 6) is 0. The Kier molecular flexibility index (Phi) is 20.5. The first kappa shape index (κ1) is 34.7. The highest BCUT2D eigenvalue weighted by molar-refractivity contribution is 5.37. The molecule has 218 valence electrons. The van der Waals surface area contributed by atoms with Crippen LogP contribution in [0.15, 0.2) is 58.7 Å². The van der Waals surface area contributed by atoms with Crippen molar-refractivity contribution in [2.45, 2.75) is 157 Å². The zero-order valence-corrected chi connectivity index (χ0v) is 26.5. The molecule has 0 fully saturated rings. The van der Waals surface area contributed by atoms with E-state index in [4.69, 9.17) is 4.74 Å². The van der Waals surface area contributed by atoms with Crippen LogP contribution in [0.25, 0.3) is 0 Å². The van der Waals surface area contributed by atoms with Crippen molar-refractivity contribution in [3.05, 3.63) is 58.7 Å². The maximum absolute atomic E-state index is 5.84. The quantitative estimate of drug-likeness (QED) is 0.101. The van der Waals surface area contributed by atoms with E-state index in [1.807, 2.05) is 0 Å². The lowest BCUT2D eigenvalue weighted by molar-refractivity contribution is 0.157. The monoisotopic (exact) mass is 524 g/mol. The fourth-order valence-electron chi connectivity index (χ4n) is 5.56. The molecule has 1 heteroatoms. The molecule has 0 saturated heterocycles. The predicted octanol–water partition coefficient (Wildman–Crippen LogP) is 12.4. The van der Waals surface area contributed by atoms with E-state index in [1.54, 1.807) is 11.1 Å². The summed E-state index contributed by atoms with van der Waals surface area (Å²) < 4.78 is 5.84. The van der Waals surface area contributed by atoms with Crippen LogP contribution < -0.4 is 0 Å². The topological polar surface area (TPSA) is 9.23 Å². The van der Waals surface area contributed by atoms with E-state index in [-0.39, 0.29) is 0 Å². The Morgan fingerprint density at radius 1 is 0.763 bits per heavy atom. The number of allylic oxidation sites excluding steroid dienone is 9. The zero-order chi connectivity index (χ0) is 27.9. The fourth-order valence-corrected chi connectivity index (χ4v) is 5.56. The summed E-state index contributed by atoms with van der Waals surface area (Å²) >= 11 is 0. The standard InChI is InChI=1S/C37H64O/c1-7-9-10-11-12-13-14-15-16-17-18-19-20-21-31-38-32-29-34(4)25-22-24-33(3)27-28-36-35(8-2)26-23-30-37(36,5)6/h22,24-25,27-29H,7-21,23,26,30-32H2,1-6H3/b25-22+,28-27+,33-24+,34-29+. The van der Waals surface area contributed by atoms with E-state index in [0.29, 0.717) is 5.41 Å². The van der Waals surface area contributed by atoms with Crippen molar-refractivity contribution in [2.75, 3.05) is 13.2 Å². The summed E-state index contributed by atoms with van der Waals surface area (Å²) in [5.41, 5.74) is 6.09. The molecule has 1 rings (SSSR count). The highest BCUT2D eigenvalue weighted by Gasteiger charge is 2.27. The molecule has 0 unspecified atom stereocenters. The van der Waals surface area contributed by atoms with Gasteiger partial charge in [-0.2, -0.15) is 0 Å². The molecule has 0 amide bonds. The lowest BCUT2D eigenvalue weighted by Gasteiger charge is -2.33. The van der Waals surface area contributed by atoms with Crippen LogP contribution in [0.1, 0.15) is 157 Å². The van der Waals surface area contributed by atoms with Crippen molar-refractivity contribution < 1.29 is 4.74 Å². The SMILES string of the molecule is CCCCCCCCCCCCCCCCOC/C=C(C)/C=C/C=C(C)/C=C/C1=C(CC)CCCC1(C)C. The summed E-state index contributed by atoms with van der Waals surface area (Å²) in [6.07, 6.45) is 38.1. The second kappa shape index (κ2) is 22.5. The molecule has 38 heavy (non-hydrogen) atoms. The van der Waals surface area contributed by atoms with Crippen molar-refractivity contribution in [1.82, 2.24) is 0 Å². The fraction of sp³-hybridized carbons (Fsp3) is 0.730. The van der Waals surface area contributed by atoms with Crippen LogP contribution in [-0.2, 0) is 4.74 Å². The summed E-state index contributed by atoms with van der Waals surface area (Å²) in [6.45, 7) is 15.4. The van der Waals surface area contributed by atoms with Gasteiger partial charge in [0.25, 0.3) is 0 Å². The molecule has 0 aromatic rings. The van der Waals surface area contributed by atoms with E-state index in [0.717, 1.165) is 13.2 Å². The molecule has 0 atom stereocenters. The van der Waals surface area contributed by atoms with Gasteiger partial charge in [0.15, 0.2) is 0 Å². The number of rotatable bonds is 22. The van der Waals surface area contributed by atoms with E-state index in [2.05, 4.69) is 78.0 Å². The largest absolute Gasteiger partial charge is 0.377 e. The van der Waals surface area contributed by atoms with Gasteiger partial charge in [-0.1, -0.05) is 164 Å². The summed E-state index contributed by atoms with van der Waals surface area (Å²) in [5, 5.41) is 0. The Labute approximate surface area is 239 Å².